The van der Waals surface area contributed by atoms with E-state index in [1.54, 1.807) is 0 Å². The second-order valence-corrected chi connectivity index (χ2v) is 13.8. The fourth-order valence-corrected chi connectivity index (χ4v) is 7.88. The van der Waals surface area contributed by atoms with Crippen LogP contribution >= 0.6 is 7.92 Å². The molecule has 0 aliphatic carbocycles. The fraction of sp³-hybridized carbons (Fsp3) is 0.143. The third kappa shape index (κ3) is 7.19. The summed E-state index contributed by atoms with van der Waals surface area (Å²) in [6.07, 6.45) is 0. The molecule has 0 amide bonds. The van der Waals surface area contributed by atoms with Crippen LogP contribution in [0, 0.1) is 20.8 Å². The number of rotatable bonds is 3. The Hall–Kier alpha value is -4.45. The van der Waals surface area contributed by atoms with Crippen molar-refractivity contribution in [3.8, 4) is 11.5 Å². The Balaban J connectivity index is 0.000000225. The summed E-state index contributed by atoms with van der Waals surface area (Å²) in [6, 6.07) is 55.3. The first-order valence-corrected chi connectivity index (χ1v) is 16.6. The maximum Gasteiger partial charge on any atom is 0.139 e. The van der Waals surface area contributed by atoms with Crippen LogP contribution < -0.4 is 20.7 Å². The van der Waals surface area contributed by atoms with E-state index in [1.807, 2.05) is 36.4 Å². The maximum atomic E-state index is 6.72. The smallest absolute Gasteiger partial charge is 0.139 e. The van der Waals surface area contributed by atoms with Crippen LogP contribution in [0.2, 0.25) is 0 Å². The highest BCUT2D eigenvalue weighted by Gasteiger charge is 2.37. The number of benzene rings is 6. The van der Waals surface area contributed by atoms with Gasteiger partial charge in [0.15, 0.2) is 0 Å². The topological polar surface area (TPSA) is 9.23 Å². The molecule has 0 bridgehead atoms. The van der Waals surface area contributed by atoms with Gasteiger partial charge in [0.2, 0.25) is 0 Å². The van der Waals surface area contributed by atoms with Gasteiger partial charge in [-0.15, -0.1) is 0 Å². The molecule has 1 aliphatic rings. The summed E-state index contributed by atoms with van der Waals surface area (Å²) in [6.45, 7) is 10.9. The van der Waals surface area contributed by atoms with E-state index in [0.717, 1.165) is 11.5 Å². The summed E-state index contributed by atoms with van der Waals surface area (Å²) >= 11 is 0. The molecule has 0 saturated carbocycles. The quantitative estimate of drug-likeness (QED) is 0.186. The van der Waals surface area contributed by atoms with Crippen LogP contribution in [-0.2, 0) is 5.41 Å². The largest absolute Gasteiger partial charge is 0.456 e. The van der Waals surface area contributed by atoms with Crippen LogP contribution in [0.5, 0.6) is 11.5 Å². The molecule has 0 unspecified atom stereocenters. The van der Waals surface area contributed by atoms with Crippen LogP contribution in [0.25, 0.3) is 0 Å². The Morgan fingerprint density at radius 2 is 0.841 bits per heavy atom. The van der Waals surface area contributed by atoms with Gasteiger partial charge in [-0.2, -0.15) is 0 Å². The van der Waals surface area contributed by atoms with Gasteiger partial charge in [-0.25, -0.2) is 0 Å². The predicted octanol–water partition coefficient (Wildman–Crippen LogP) is 10.2. The van der Waals surface area contributed by atoms with Crippen molar-refractivity contribution >= 4 is 23.8 Å². The number of aryl methyl sites for hydroxylation is 3. The zero-order valence-electron chi connectivity index (χ0n) is 26.4. The maximum absolute atomic E-state index is 6.72. The summed E-state index contributed by atoms with van der Waals surface area (Å²) in [4.78, 5) is 0. The highest BCUT2D eigenvalue weighted by atomic mass is 31.1. The summed E-state index contributed by atoms with van der Waals surface area (Å²) in [7, 11) is -0.726. The van der Waals surface area contributed by atoms with E-state index < -0.39 is 7.92 Å². The molecule has 1 heterocycles. The van der Waals surface area contributed by atoms with Gasteiger partial charge in [0, 0.05) is 21.8 Å². The predicted molar refractivity (Wildman–Crippen MR) is 191 cm³/mol. The average Bonchev–Trinajstić information content (AvgIpc) is 3.05. The lowest BCUT2D eigenvalue weighted by molar-refractivity contribution is 0.418. The summed E-state index contributed by atoms with van der Waals surface area (Å²) in [5.74, 6) is 2.04. The first-order valence-electron chi connectivity index (χ1n) is 15.2. The summed E-state index contributed by atoms with van der Waals surface area (Å²) in [5, 5.41) is 3.95. The molecule has 0 aromatic heterocycles. The van der Waals surface area contributed by atoms with E-state index >= 15 is 0 Å². The van der Waals surface area contributed by atoms with Crippen LogP contribution in [0.1, 0.15) is 41.7 Å². The highest BCUT2D eigenvalue weighted by molar-refractivity contribution is 7.80. The molecular weight excluding hydrogens is 551 g/mol. The number of para-hydroxylation sites is 2. The Morgan fingerprint density at radius 3 is 1.27 bits per heavy atom. The lowest BCUT2D eigenvalue weighted by atomic mass is 9.75. The summed E-state index contributed by atoms with van der Waals surface area (Å²) < 4.78 is 6.72. The second kappa shape index (κ2) is 14.3. The Kier molecular flexibility index (Phi) is 10.1. The van der Waals surface area contributed by atoms with E-state index in [9.17, 15) is 0 Å². The molecule has 2 heteroatoms. The fourth-order valence-electron chi connectivity index (χ4n) is 5.48. The van der Waals surface area contributed by atoms with Crippen molar-refractivity contribution in [2.24, 2.45) is 0 Å². The van der Waals surface area contributed by atoms with Crippen molar-refractivity contribution in [1.82, 2.24) is 0 Å². The number of ether oxygens (including phenoxy) is 1. The molecule has 0 atom stereocenters. The minimum absolute atomic E-state index is 0.112. The van der Waals surface area contributed by atoms with Gasteiger partial charge in [-0.3, -0.25) is 0 Å². The molecule has 220 valence electrons. The molecule has 0 spiro atoms. The first-order chi connectivity index (χ1) is 21.4. The van der Waals surface area contributed by atoms with E-state index in [1.165, 1.54) is 43.7 Å². The van der Waals surface area contributed by atoms with Crippen molar-refractivity contribution in [2.45, 2.75) is 40.0 Å². The van der Waals surface area contributed by atoms with Crippen molar-refractivity contribution in [3.05, 3.63) is 186 Å². The molecule has 0 saturated heterocycles. The van der Waals surface area contributed by atoms with Crippen molar-refractivity contribution in [2.75, 3.05) is 0 Å². The molecular formula is C42H41OP. The minimum Gasteiger partial charge on any atom is -0.456 e. The van der Waals surface area contributed by atoms with Crippen LogP contribution in [0.3, 0.4) is 0 Å². The van der Waals surface area contributed by atoms with Crippen LogP contribution in [-0.4, -0.2) is 0 Å². The lowest BCUT2D eigenvalue weighted by Gasteiger charge is -2.37. The molecule has 1 aliphatic heterocycles. The third-order valence-electron chi connectivity index (χ3n) is 7.91. The highest BCUT2D eigenvalue weighted by Crippen LogP contribution is 2.51. The molecule has 44 heavy (non-hydrogen) atoms. The average molecular weight is 593 g/mol. The monoisotopic (exact) mass is 592 g/mol. The van der Waals surface area contributed by atoms with Gasteiger partial charge in [0.05, 0.1) is 0 Å². The SMILES string of the molecule is Cc1cccc2c1Oc1c(P(c3ccccc3)c3ccccc3)cccc1C2(C)C.Cc1ccccc1.Cc1ccccc1. The molecule has 1 nitrogen and oxygen atoms in total. The molecule has 0 fully saturated rings. The number of hydrogen-bond acceptors (Lipinski definition) is 1. The summed E-state index contributed by atoms with van der Waals surface area (Å²) in [5.41, 5.74) is 6.24. The van der Waals surface area contributed by atoms with Crippen molar-refractivity contribution < 1.29 is 4.74 Å². The molecule has 6 aromatic carbocycles. The van der Waals surface area contributed by atoms with Gasteiger partial charge in [-0.1, -0.05) is 183 Å². The minimum atomic E-state index is -0.726. The molecule has 6 aromatic rings. The zero-order chi connectivity index (χ0) is 30.9. The van der Waals surface area contributed by atoms with E-state index in [0.29, 0.717) is 0 Å². The van der Waals surface area contributed by atoms with Gasteiger partial charge < -0.3 is 4.74 Å². The second-order valence-electron chi connectivity index (χ2n) is 11.6. The Labute approximate surface area is 265 Å². The Bertz CT molecular complexity index is 1680. The van der Waals surface area contributed by atoms with Gasteiger partial charge in [0.1, 0.15) is 11.5 Å². The van der Waals surface area contributed by atoms with Gasteiger partial charge >= 0.3 is 0 Å². The number of fused-ring (bicyclic) bond motifs is 2. The van der Waals surface area contributed by atoms with Crippen LogP contribution in [0.15, 0.2) is 158 Å². The number of hydrogen-bond donors (Lipinski definition) is 0. The van der Waals surface area contributed by atoms with Crippen LogP contribution in [0.4, 0.5) is 0 Å². The first kappa shape index (κ1) is 31.0. The van der Waals surface area contributed by atoms with E-state index in [2.05, 4.69) is 156 Å². The van der Waals surface area contributed by atoms with E-state index in [4.69, 9.17) is 4.74 Å². The normalized spacial score (nSPS) is 12.3. The lowest BCUT2D eigenvalue weighted by Crippen LogP contribution is -2.30. The van der Waals surface area contributed by atoms with Crippen molar-refractivity contribution in [3.63, 3.8) is 0 Å². The molecule has 7 rings (SSSR count). The molecule has 0 radical (unpaired) electrons. The molecule has 0 N–H and O–H groups in total. The van der Waals surface area contributed by atoms with Crippen molar-refractivity contribution in [1.29, 1.82) is 0 Å². The standard InChI is InChI=1S/C28H25OP.2C7H8/c1-20-12-10-17-23-26(20)29-27-24(28(23,2)3)18-11-19-25(27)30(21-13-6-4-7-14-21)22-15-8-5-9-16-22;2*1-7-5-3-2-4-6-7/h4-19H,1-3H3;2*2-6H,1H3. The Morgan fingerprint density at radius 1 is 0.432 bits per heavy atom. The van der Waals surface area contributed by atoms with Gasteiger partial charge in [0.25, 0.3) is 0 Å². The van der Waals surface area contributed by atoms with Gasteiger partial charge in [-0.05, 0) is 44.9 Å². The van der Waals surface area contributed by atoms with E-state index in [-0.39, 0.29) is 5.41 Å². The zero-order valence-corrected chi connectivity index (χ0v) is 27.3. The third-order valence-corrected chi connectivity index (χ3v) is 10.4.